The zero-order chi connectivity index (χ0) is 13.9. The van der Waals surface area contributed by atoms with Crippen LogP contribution in [0.3, 0.4) is 0 Å². The van der Waals surface area contributed by atoms with Gasteiger partial charge in [0.25, 0.3) is 0 Å². The largest absolute Gasteiger partial charge is 0.381 e. The fourth-order valence-electron chi connectivity index (χ4n) is 2.52. The highest BCUT2D eigenvalue weighted by Crippen LogP contribution is 2.42. The molecule has 1 aromatic rings. The summed E-state index contributed by atoms with van der Waals surface area (Å²) in [5.41, 5.74) is 1.10. The number of ether oxygens (including phenoxy) is 1. The maximum Gasteiger partial charge on any atom is 0.315 e. The number of nitrogens with one attached hydrogen (secondary N) is 2. The van der Waals surface area contributed by atoms with Gasteiger partial charge in [-0.1, -0.05) is 44.2 Å². The van der Waals surface area contributed by atoms with Crippen molar-refractivity contribution in [3.63, 3.8) is 0 Å². The van der Waals surface area contributed by atoms with E-state index in [0.717, 1.165) is 12.0 Å². The van der Waals surface area contributed by atoms with Gasteiger partial charge in [0.05, 0.1) is 6.10 Å². The quantitative estimate of drug-likeness (QED) is 0.874. The Labute approximate surface area is 114 Å². The van der Waals surface area contributed by atoms with E-state index in [2.05, 4.69) is 24.5 Å². The number of hydrogen-bond acceptors (Lipinski definition) is 2. The fourth-order valence-corrected chi connectivity index (χ4v) is 2.52. The van der Waals surface area contributed by atoms with Crippen molar-refractivity contribution < 1.29 is 9.53 Å². The van der Waals surface area contributed by atoms with Crippen molar-refractivity contribution in [2.24, 2.45) is 5.41 Å². The molecule has 1 aromatic carbocycles. The minimum absolute atomic E-state index is 0.00115. The molecule has 0 bridgehead atoms. The van der Waals surface area contributed by atoms with Gasteiger partial charge in [0.15, 0.2) is 0 Å². The zero-order valence-electron chi connectivity index (χ0n) is 11.8. The average molecular weight is 262 g/mol. The molecule has 0 aromatic heterocycles. The predicted molar refractivity (Wildman–Crippen MR) is 74.8 cm³/mol. The van der Waals surface area contributed by atoms with E-state index in [-0.39, 0.29) is 23.6 Å². The summed E-state index contributed by atoms with van der Waals surface area (Å²) in [6.07, 6.45) is 1.11. The van der Waals surface area contributed by atoms with E-state index in [0.29, 0.717) is 6.54 Å². The Morgan fingerprint density at radius 2 is 2.05 bits per heavy atom. The van der Waals surface area contributed by atoms with Crippen molar-refractivity contribution in [3.05, 3.63) is 35.9 Å². The van der Waals surface area contributed by atoms with Crippen LogP contribution in [0.2, 0.25) is 0 Å². The molecule has 0 radical (unpaired) electrons. The molecule has 2 atom stereocenters. The molecule has 4 heteroatoms. The number of urea groups is 1. The molecule has 2 unspecified atom stereocenters. The molecule has 2 rings (SSSR count). The van der Waals surface area contributed by atoms with E-state index in [4.69, 9.17) is 4.74 Å². The number of hydrogen-bond donors (Lipinski definition) is 2. The molecule has 0 spiro atoms. The minimum Gasteiger partial charge on any atom is -0.381 e. The molecule has 2 amide bonds. The standard InChI is InChI=1S/C15H22N2O2/c1-15(2)12(9-13(15)19-3)17-14(18)16-10-11-7-5-4-6-8-11/h4-8,12-13H,9-10H2,1-3H3,(H2,16,17,18). The third-order valence-electron chi connectivity index (χ3n) is 4.06. The van der Waals surface area contributed by atoms with Gasteiger partial charge < -0.3 is 15.4 Å². The molecule has 19 heavy (non-hydrogen) atoms. The van der Waals surface area contributed by atoms with Crippen LogP contribution in [-0.4, -0.2) is 25.3 Å². The maximum atomic E-state index is 11.8. The van der Waals surface area contributed by atoms with E-state index in [1.807, 2.05) is 30.3 Å². The number of amides is 2. The first-order valence-electron chi connectivity index (χ1n) is 6.65. The van der Waals surface area contributed by atoms with Gasteiger partial charge >= 0.3 is 6.03 Å². The van der Waals surface area contributed by atoms with Crippen LogP contribution in [0, 0.1) is 5.41 Å². The Balaban J connectivity index is 1.77. The third kappa shape index (κ3) is 3.07. The Hall–Kier alpha value is -1.55. The van der Waals surface area contributed by atoms with Gasteiger partial charge in [-0.2, -0.15) is 0 Å². The van der Waals surface area contributed by atoms with Crippen LogP contribution in [0.15, 0.2) is 30.3 Å². The molecule has 1 aliphatic carbocycles. The molecule has 2 N–H and O–H groups in total. The van der Waals surface area contributed by atoms with Crippen molar-refractivity contribution in [2.45, 2.75) is 39.0 Å². The van der Waals surface area contributed by atoms with Crippen LogP contribution in [0.1, 0.15) is 25.8 Å². The normalized spacial score (nSPS) is 24.4. The third-order valence-corrected chi connectivity index (χ3v) is 4.06. The summed E-state index contributed by atoms with van der Waals surface area (Å²) < 4.78 is 5.37. The second-order valence-corrected chi connectivity index (χ2v) is 5.65. The van der Waals surface area contributed by atoms with Crippen LogP contribution in [0.5, 0.6) is 0 Å². The second kappa shape index (κ2) is 5.61. The molecular formula is C15H22N2O2. The first kappa shape index (κ1) is 13.9. The van der Waals surface area contributed by atoms with Gasteiger partial charge in [-0.05, 0) is 12.0 Å². The molecule has 4 nitrogen and oxygen atoms in total. The van der Waals surface area contributed by atoms with E-state index < -0.39 is 0 Å². The van der Waals surface area contributed by atoms with Crippen molar-refractivity contribution in [3.8, 4) is 0 Å². The number of carbonyl (C=O) groups is 1. The Kier molecular flexibility index (Phi) is 4.10. The summed E-state index contributed by atoms with van der Waals surface area (Å²) in [6, 6.07) is 9.94. The van der Waals surface area contributed by atoms with Gasteiger partial charge in [-0.3, -0.25) is 0 Å². The lowest BCUT2D eigenvalue weighted by atomic mass is 9.64. The maximum absolute atomic E-state index is 11.8. The number of carbonyl (C=O) groups excluding carboxylic acids is 1. The first-order valence-corrected chi connectivity index (χ1v) is 6.65. The molecule has 0 heterocycles. The lowest BCUT2D eigenvalue weighted by molar-refractivity contribution is -0.0935. The number of benzene rings is 1. The van der Waals surface area contributed by atoms with E-state index in [9.17, 15) is 4.79 Å². The molecular weight excluding hydrogens is 240 g/mol. The highest BCUT2D eigenvalue weighted by molar-refractivity contribution is 5.74. The van der Waals surface area contributed by atoms with Crippen LogP contribution in [-0.2, 0) is 11.3 Å². The van der Waals surface area contributed by atoms with Crippen LogP contribution < -0.4 is 10.6 Å². The summed E-state index contributed by atoms with van der Waals surface area (Å²) in [7, 11) is 1.72. The summed E-state index contributed by atoms with van der Waals surface area (Å²) in [5.74, 6) is 0. The molecule has 104 valence electrons. The minimum atomic E-state index is -0.114. The summed E-state index contributed by atoms with van der Waals surface area (Å²) in [4.78, 5) is 11.8. The topological polar surface area (TPSA) is 50.4 Å². The van der Waals surface area contributed by atoms with Crippen LogP contribution >= 0.6 is 0 Å². The fraction of sp³-hybridized carbons (Fsp3) is 0.533. The van der Waals surface area contributed by atoms with E-state index in [1.54, 1.807) is 7.11 Å². The lowest BCUT2D eigenvalue weighted by Gasteiger charge is -2.51. The van der Waals surface area contributed by atoms with Gasteiger partial charge in [0.2, 0.25) is 0 Å². The van der Waals surface area contributed by atoms with E-state index in [1.165, 1.54) is 0 Å². The Morgan fingerprint density at radius 3 is 2.63 bits per heavy atom. The predicted octanol–water partition coefficient (Wildman–Crippen LogP) is 2.30. The first-order chi connectivity index (χ1) is 9.04. The van der Waals surface area contributed by atoms with Gasteiger partial charge in [-0.15, -0.1) is 0 Å². The van der Waals surface area contributed by atoms with Crippen molar-refractivity contribution >= 4 is 6.03 Å². The number of rotatable bonds is 4. The highest BCUT2D eigenvalue weighted by atomic mass is 16.5. The summed E-state index contributed by atoms with van der Waals surface area (Å²) in [6.45, 7) is 4.78. The lowest BCUT2D eigenvalue weighted by Crippen LogP contribution is -2.62. The van der Waals surface area contributed by atoms with Crippen molar-refractivity contribution in [2.75, 3.05) is 7.11 Å². The highest BCUT2D eigenvalue weighted by Gasteiger charge is 2.49. The van der Waals surface area contributed by atoms with Crippen molar-refractivity contribution in [1.82, 2.24) is 10.6 Å². The molecule has 1 saturated carbocycles. The zero-order valence-corrected chi connectivity index (χ0v) is 11.8. The Morgan fingerprint density at radius 1 is 1.37 bits per heavy atom. The van der Waals surface area contributed by atoms with Gasteiger partial charge in [0.1, 0.15) is 0 Å². The molecule has 1 aliphatic rings. The molecule has 1 fully saturated rings. The van der Waals surface area contributed by atoms with E-state index >= 15 is 0 Å². The van der Waals surface area contributed by atoms with Gasteiger partial charge in [0, 0.05) is 25.1 Å². The second-order valence-electron chi connectivity index (χ2n) is 5.65. The van der Waals surface area contributed by atoms with Gasteiger partial charge in [-0.25, -0.2) is 4.79 Å². The molecule has 0 saturated heterocycles. The summed E-state index contributed by atoms with van der Waals surface area (Å²) >= 11 is 0. The van der Waals surface area contributed by atoms with Crippen molar-refractivity contribution in [1.29, 1.82) is 0 Å². The number of methoxy groups -OCH3 is 1. The van der Waals surface area contributed by atoms with Crippen LogP contribution in [0.4, 0.5) is 4.79 Å². The molecule has 0 aliphatic heterocycles. The average Bonchev–Trinajstić information content (AvgIpc) is 2.42. The Bertz CT molecular complexity index is 431. The van der Waals surface area contributed by atoms with Crippen LogP contribution in [0.25, 0.3) is 0 Å². The smallest absolute Gasteiger partial charge is 0.315 e. The SMILES string of the molecule is COC1CC(NC(=O)NCc2ccccc2)C1(C)C. The monoisotopic (exact) mass is 262 g/mol. The summed E-state index contributed by atoms with van der Waals surface area (Å²) in [5, 5.41) is 5.89.